The van der Waals surface area contributed by atoms with Crippen molar-refractivity contribution in [1.29, 1.82) is 0 Å². The lowest BCUT2D eigenvalue weighted by Crippen LogP contribution is -2.39. The van der Waals surface area contributed by atoms with E-state index in [1.165, 1.54) is 42.5 Å². The van der Waals surface area contributed by atoms with Gasteiger partial charge in [0.2, 0.25) is 0 Å². The van der Waals surface area contributed by atoms with Gasteiger partial charge in [-0.2, -0.15) is 0 Å². The molecular weight excluding hydrogens is 220 g/mol. The van der Waals surface area contributed by atoms with E-state index in [2.05, 4.69) is 44.0 Å². The number of para-hydroxylation sites is 1. The Morgan fingerprint density at radius 2 is 1.89 bits per heavy atom. The normalized spacial score (nSPS) is 24.0. The van der Waals surface area contributed by atoms with Gasteiger partial charge in [-0.15, -0.1) is 0 Å². The van der Waals surface area contributed by atoms with Gasteiger partial charge in [-0.05, 0) is 50.2 Å². The molecule has 0 radical (unpaired) electrons. The molecule has 1 saturated carbocycles. The average molecular weight is 246 g/mol. The summed E-state index contributed by atoms with van der Waals surface area (Å²) >= 11 is 0. The Bertz CT molecular complexity index is 392. The molecule has 0 saturated heterocycles. The van der Waals surface area contributed by atoms with Crippen LogP contribution in [0.3, 0.4) is 0 Å². The number of hydrogen-bond donors (Lipinski definition) is 1. The fourth-order valence-electron chi connectivity index (χ4n) is 3.18. The zero-order valence-corrected chi connectivity index (χ0v) is 11.9. The Morgan fingerprint density at radius 3 is 2.50 bits per heavy atom. The Hall–Kier alpha value is -1.02. The molecule has 2 N–H and O–H groups in total. The maximum absolute atomic E-state index is 6.00. The van der Waals surface area contributed by atoms with Crippen LogP contribution in [0.4, 0.5) is 5.69 Å². The summed E-state index contributed by atoms with van der Waals surface area (Å²) in [5.41, 5.74) is 10.3. The highest BCUT2D eigenvalue weighted by molar-refractivity contribution is 5.59. The molecule has 0 unspecified atom stereocenters. The third-order valence-corrected chi connectivity index (χ3v) is 4.34. The first kappa shape index (κ1) is 13.4. The molecule has 1 aromatic carbocycles. The van der Waals surface area contributed by atoms with E-state index in [-0.39, 0.29) is 0 Å². The van der Waals surface area contributed by atoms with E-state index in [1.807, 2.05) is 0 Å². The van der Waals surface area contributed by atoms with E-state index in [4.69, 9.17) is 5.73 Å². The van der Waals surface area contributed by atoms with E-state index >= 15 is 0 Å². The summed E-state index contributed by atoms with van der Waals surface area (Å²) < 4.78 is 0. The molecule has 100 valence electrons. The van der Waals surface area contributed by atoms with Crippen LogP contribution >= 0.6 is 0 Å². The van der Waals surface area contributed by atoms with Crippen molar-refractivity contribution >= 4 is 5.69 Å². The maximum atomic E-state index is 6.00. The quantitative estimate of drug-likeness (QED) is 0.887. The fraction of sp³-hybridized carbons (Fsp3) is 0.625. The molecule has 0 amide bonds. The van der Waals surface area contributed by atoms with Gasteiger partial charge in [0.15, 0.2) is 0 Å². The zero-order valence-electron chi connectivity index (χ0n) is 11.9. The van der Waals surface area contributed by atoms with Crippen molar-refractivity contribution in [3.05, 3.63) is 29.3 Å². The van der Waals surface area contributed by atoms with Crippen LogP contribution in [-0.4, -0.2) is 19.1 Å². The van der Waals surface area contributed by atoms with Gasteiger partial charge in [-0.25, -0.2) is 0 Å². The van der Waals surface area contributed by atoms with Crippen molar-refractivity contribution in [1.82, 2.24) is 0 Å². The zero-order chi connectivity index (χ0) is 13.1. The Balaban J connectivity index is 2.20. The van der Waals surface area contributed by atoms with Crippen molar-refractivity contribution in [2.75, 3.05) is 11.9 Å². The molecule has 0 aromatic heterocycles. The summed E-state index contributed by atoms with van der Waals surface area (Å²) in [5, 5.41) is 0. The van der Waals surface area contributed by atoms with Crippen LogP contribution in [0.5, 0.6) is 0 Å². The van der Waals surface area contributed by atoms with Gasteiger partial charge < -0.3 is 10.6 Å². The van der Waals surface area contributed by atoms with E-state index in [1.54, 1.807) is 0 Å². The molecule has 1 aliphatic rings. The average Bonchev–Trinajstić information content (AvgIpc) is 2.38. The predicted octanol–water partition coefficient (Wildman–Crippen LogP) is 3.26. The summed E-state index contributed by atoms with van der Waals surface area (Å²) in [4.78, 5) is 2.50. The second-order valence-corrected chi connectivity index (χ2v) is 5.62. The van der Waals surface area contributed by atoms with Crippen LogP contribution in [0.1, 0.15) is 43.7 Å². The van der Waals surface area contributed by atoms with Crippen LogP contribution in [-0.2, 0) is 6.42 Å². The number of nitrogens with two attached hydrogens (primary N) is 1. The monoisotopic (exact) mass is 246 g/mol. The third kappa shape index (κ3) is 2.69. The maximum Gasteiger partial charge on any atom is 0.0428 e. The molecule has 0 atom stereocenters. The van der Waals surface area contributed by atoms with Crippen molar-refractivity contribution in [3.63, 3.8) is 0 Å². The van der Waals surface area contributed by atoms with E-state index in [0.717, 1.165) is 6.42 Å². The summed E-state index contributed by atoms with van der Waals surface area (Å²) in [6.07, 6.45) is 5.91. The highest BCUT2D eigenvalue weighted by Gasteiger charge is 2.23. The topological polar surface area (TPSA) is 29.3 Å². The lowest BCUT2D eigenvalue weighted by molar-refractivity contribution is 0.384. The lowest BCUT2D eigenvalue weighted by Gasteiger charge is -2.36. The minimum Gasteiger partial charge on any atom is -0.371 e. The first-order valence-corrected chi connectivity index (χ1v) is 7.20. The number of rotatable bonds is 3. The van der Waals surface area contributed by atoms with Crippen LogP contribution in [0, 0.1) is 6.92 Å². The van der Waals surface area contributed by atoms with E-state index in [9.17, 15) is 0 Å². The highest BCUT2D eigenvalue weighted by atomic mass is 15.1. The first-order chi connectivity index (χ1) is 8.63. The SMILES string of the molecule is CCc1cccc(C)c1N(C)C1CCC(N)CC1. The lowest BCUT2D eigenvalue weighted by atomic mass is 9.90. The van der Waals surface area contributed by atoms with Crippen LogP contribution in [0.25, 0.3) is 0 Å². The van der Waals surface area contributed by atoms with Crippen LogP contribution < -0.4 is 10.6 Å². The summed E-state index contributed by atoms with van der Waals surface area (Å²) in [6.45, 7) is 4.46. The molecule has 0 heterocycles. The van der Waals surface area contributed by atoms with Crippen molar-refractivity contribution in [2.45, 2.75) is 58.0 Å². The predicted molar refractivity (Wildman–Crippen MR) is 79.2 cm³/mol. The molecule has 18 heavy (non-hydrogen) atoms. The van der Waals surface area contributed by atoms with E-state index in [0.29, 0.717) is 12.1 Å². The van der Waals surface area contributed by atoms with Gasteiger partial charge in [0, 0.05) is 24.8 Å². The largest absolute Gasteiger partial charge is 0.371 e. The minimum atomic E-state index is 0.428. The minimum absolute atomic E-state index is 0.428. The Kier molecular flexibility index (Phi) is 4.28. The van der Waals surface area contributed by atoms with Gasteiger partial charge in [-0.3, -0.25) is 0 Å². The van der Waals surface area contributed by atoms with Gasteiger partial charge >= 0.3 is 0 Å². The number of nitrogens with zero attached hydrogens (tertiary/aromatic N) is 1. The molecule has 2 nitrogen and oxygen atoms in total. The number of anilines is 1. The standard InChI is InChI=1S/C16H26N2/c1-4-13-7-5-6-12(2)16(13)18(3)15-10-8-14(17)9-11-15/h5-7,14-15H,4,8-11,17H2,1-3H3. The Morgan fingerprint density at radius 1 is 1.22 bits per heavy atom. The molecule has 2 rings (SSSR count). The second-order valence-electron chi connectivity index (χ2n) is 5.62. The van der Waals surface area contributed by atoms with Crippen molar-refractivity contribution in [3.8, 4) is 0 Å². The third-order valence-electron chi connectivity index (χ3n) is 4.34. The van der Waals surface area contributed by atoms with Crippen LogP contribution in [0.2, 0.25) is 0 Å². The number of hydrogen-bond acceptors (Lipinski definition) is 2. The molecule has 2 heteroatoms. The highest BCUT2D eigenvalue weighted by Crippen LogP contribution is 2.31. The van der Waals surface area contributed by atoms with Crippen LogP contribution in [0.15, 0.2) is 18.2 Å². The first-order valence-electron chi connectivity index (χ1n) is 7.20. The molecular formula is C16H26N2. The van der Waals surface area contributed by atoms with Crippen molar-refractivity contribution in [2.24, 2.45) is 5.73 Å². The van der Waals surface area contributed by atoms with Gasteiger partial charge in [0.05, 0.1) is 0 Å². The summed E-state index contributed by atoms with van der Waals surface area (Å²) in [5.74, 6) is 0. The van der Waals surface area contributed by atoms with Gasteiger partial charge in [0.1, 0.15) is 0 Å². The summed E-state index contributed by atoms with van der Waals surface area (Å²) in [7, 11) is 2.25. The van der Waals surface area contributed by atoms with Crippen molar-refractivity contribution < 1.29 is 0 Å². The number of aryl methyl sites for hydroxylation is 2. The molecule has 0 aliphatic heterocycles. The van der Waals surface area contributed by atoms with E-state index < -0.39 is 0 Å². The fourth-order valence-corrected chi connectivity index (χ4v) is 3.18. The smallest absolute Gasteiger partial charge is 0.0428 e. The molecule has 1 aliphatic carbocycles. The summed E-state index contributed by atoms with van der Waals surface area (Å²) in [6, 6.07) is 7.74. The molecule has 0 bridgehead atoms. The Labute approximate surface area is 111 Å². The van der Waals surface area contributed by atoms with Gasteiger partial charge in [-0.1, -0.05) is 25.1 Å². The number of benzene rings is 1. The second kappa shape index (κ2) is 5.75. The van der Waals surface area contributed by atoms with Gasteiger partial charge in [0.25, 0.3) is 0 Å². The molecule has 0 spiro atoms. The molecule has 1 fully saturated rings. The molecule has 1 aromatic rings.